The summed E-state index contributed by atoms with van der Waals surface area (Å²) in [5.41, 5.74) is 3.30. The molecule has 2 heterocycles. The van der Waals surface area contributed by atoms with Gasteiger partial charge in [0.05, 0.1) is 25.5 Å². The SMILES string of the molecule is CCC(=O)NCc1nn(C)c2c1COCC2. The minimum absolute atomic E-state index is 0.0520. The highest BCUT2D eigenvalue weighted by Gasteiger charge is 2.19. The van der Waals surface area contributed by atoms with Gasteiger partial charge in [0, 0.05) is 31.1 Å². The van der Waals surface area contributed by atoms with Crippen LogP contribution in [0.2, 0.25) is 0 Å². The highest BCUT2D eigenvalue weighted by Crippen LogP contribution is 2.19. The van der Waals surface area contributed by atoms with Gasteiger partial charge in [0.2, 0.25) is 5.91 Å². The molecule has 0 saturated carbocycles. The summed E-state index contributed by atoms with van der Waals surface area (Å²) < 4.78 is 7.31. The van der Waals surface area contributed by atoms with Crippen LogP contribution >= 0.6 is 0 Å². The first kappa shape index (κ1) is 11.1. The Morgan fingerprint density at radius 3 is 3.19 bits per heavy atom. The van der Waals surface area contributed by atoms with Crippen LogP contribution in [0.15, 0.2) is 0 Å². The number of nitrogens with one attached hydrogen (secondary N) is 1. The van der Waals surface area contributed by atoms with Crippen LogP contribution in [0.25, 0.3) is 0 Å². The number of hydrogen-bond donors (Lipinski definition) is 1. The van der Waals surface area contributed by atoms with Gasteiger partial charge in [-0.25, -0.2) is 0 Å². The summed E-state index contributed by atoms with van der Waals surface area (Å²) in [6, 6.07) is 0. The zero-order valence-corrected chi connectivity index (χ0v) is 9.75. The average molecular weight is 223 g/mol. The molecule has 1 aromatic rings. The van der Waals surface area contributed by atoms with Gasteiger partial charge in [-0.15, -0.1) is 0 Å². The Morgan fingerprint density at radius 1 is 1.62 bits per heavy atom. The molecule has 0 aromatic carbocycles. The van der Waals surface area contributed by atoms with Crippen LogP contribution in [0, 0.1) is 0 Å². The summed E-state index contributed by atoms with van der Waals surface area (Å²) in [6.07, 6.45) is 1.41. The van der Waals surface area contributed by atoms with Crippen LogP contribution in [0.3, 0.4) is 0 Å². The Kier molecular flexibility index (Phi) is 3.24. The Bertz CT molecular complexity index is 398. The van der Waals surface area contributed by atoms with Gasteiger partial charge in [-0.2, -0.15) is 5.10 Å². The van der Waals surface area contributed by atoms with Crippen molar-refractivity contribution in [2.45, 2.75) is 32.9 Å². The van der Waals surface area contributed by atoms with E-state index in [-0.39, 0.29) is 5.91 Å². The predicted molar refractivity (Wildman–Crippen MR) is 58.7 cm³/mol. The van der Waals surface area contributed by atoms with Crippen LogP contribution in [0.1, 0.15) is 30.3 Å². The Labute approximate surface area is 94.8 Å². The molecule has 1 amide bonds. The number of carbonyl (C=O) groups is 1. The first-order valence-electron chi connectivity index (χ1n) is 5.60. The summed E-state index contributed by atoms with van der Waals surface area (Å²) in [7, 11) is 1.94. The molecule has 2 rings (SSSR count). The van der Waals surface area contributed by atoms with E-state index in [0.717, 1.165) is 24.3 Å². The van der Waals surface area contributed by atoms with E-state index in [0.29, 0.717) is 19.6 Å². The van der Waals surface area contributed by atoms with Crippen molar-refractivity contribution in [3.05, 3.63) is 17.0 Å². The first-order valence-corrected chi connectivity index (χ1v) is 5.60. The van der Waals surface area contributed by atoms with Crippen LogP contribution < -0.4 is 5.32 Å². The van der Waals surface area contributed by atoms with E-state index in [1.165, 1.54) is 5.69 Å². The summed E-state index contributed by atoms with van der Waals surface area (Å²) >= 11 is 0. The molecule has 1 aliphatic rings. The number of rotatable bonds is 3. The fourth-order valence-electron chi connectivity index (χ4n) is 1.94. The average Bonchev–Trinajstić information content (AvgIpc) is 2.64. The minimum atomic E-state index is 0.0520. The lowest BCUT2D eigenvalue weighted by Gasteiger charge is -2.13. The lowest BCUT2D eigenvalue weighted by molar-refractivity contribution is -0.120. The van der Waals surface area contributed by atoms with Crippen molar-refractivity contribution in [1.82, 2.24) is 15.1 Å². The van der Waals surface area contributed by atoms with Crippen LogP contribution in [-0.4, -0.2) is 22.3 Å². The van der Waals surface area contributed by atoms with Crippen molar-refractivity contribution in [3.63, 3.8) is 0 Å². The van der Waals surface area contributed by atoms with Crippen molar-refractivity contribution < 1.29 is 9.53 Å². The van der Waals surface area contributed by atoms with Gasteiger partial charge in [0.15, 0.2) is 0 Å². The lowest BCUT2D eigenvalue weighted by atomic mass is 10.1. The van der Waals surface area contributed by atoms with E-state index in [9.17, 15) is 4.79 Å². The van der Waals surface area contributed by atoms with Gasteiger partial charge < -0.3 is 10.1 Å². The molecule has 16 heavy (non-hydrogen) atoms. The van der Waals surface area contributed by atoms with Gasteiger partial charge in [0.25, 0.3) is 0 Å². The van der Waals surface area contributed by atoms with E-state index in [2.05, 4.69) is 10.4 Å². The fraction of sp³-hybridized carbons (Fsp3) is 0.636. The van der Waals surface area contributed by atoms with Crippen LogP contribution in [-0.2, 0) is 36.2 Å². The maximum Gasteiger partial charge on any atom is 0.220 e. The van der Waals surface area contributed by atoms with Gasteiger partial charge in [0.1, 0.15) is 0 Å². The zero-order valence-electron chi connectivity index (χ0n) is 9.75. The summed E-state index contributed by atoms with van der Waals surface area (Å²) in [4.78, 5) is 11.2. The molecule has 0 radical (unpaired) electrons. The number of ether oxygens (including phenoxy) is 1. The van der Waals surface area contributed by atoms with Crippen LogP contribution in [0.4, 0.5) is 0 Å². The number of aromatic nitrogens is 2. The zero-order chi connectivity index (χ0) is 11.5. The van der Waals surface area contributed by atoms with E-state index < -0.39 is 0 Å². The largest absolute Gasteiger partial charge is 0.376 e. The predicted octanol–water partition coefficient (Wildman–Crippen LogP) is 0.519. The molecule has 1 N–H and O–H groups in total. The summed E-state index contributed by atoms with van der Waals surface area (Å²) in [5, 5.41) is 7.26. The monoisotopic (exact) mass is 223 g/mol. The quantitative estimate of drug-likeness (QED) is 0.812. The van der Waals surface area contributed by atoms with Crippen molar-refractivity contribution >= 4 is 5.91 Å². The minimum Gasteiger partial charge on any atom is -0.376 e. The molecule has 1 aliphatic heterocycles. The van der Waals surface area contributed by atoms with E-state index in [4.69, 9.17) is 4.74 Å². The number of amides is 1. The highest BCUT2D eigenvalue weighted by molar-refractivity contribution is 5.75. The topological polar surface area (TPSA) is 56.2 Å². The van der Waals surface area contributed by atoms with Crippen LogP contribution in [0.5, 0.6) is 0 Å². The molecule has 0 unspecified atom stereocenters. The summed E-state index contributed by atoms with van der Waals surface area (Å²) in [5.74, 6) is 0.0520. The summed E-state index contributed by atoms with van der Waals surface area (Å²) in [6.45, 7) is 3.71. The third-order valence-corrected chi connectivity index (χ3v) is 2.86. The molecule has 88 valence electrons. The molecule has 0 aliphatic carbocycles. The lowest BCUT2D eigenvalue weighted by Crippen LogP contribution is -2.22. The third kappa shape index (κ3) is 2.09. The van der Waals surface area contributed by atoms with Crippen molar-refractivity contribution in [3.8, 4) is 0 Å². The molecule has 5 heteroatoms. The number of nitrogens with zero attached hydrogens (tertiary/aromatic N) is 2. The van der Waals surface area contributed by atoms with Gasteiger partial charge in [-0.05, 0) is 0 Å². The van der Waals surface area contributed by atoms with E-state index >= 15 is 0 Å². The second-order valence-corrected chi connectivity index (χ2v) is 3.93. The number of aryl methyl sites for hydroxylation is 1. The van der Waals surface area contributed by atoms with Crippen molar-refractivity contribution in [2.24, 2.45) is 7.05 Å². The molecule has 0 fully saturated rings. The first-order chi connectivity index (χ1) is 7.72. The number of hydrogen-bond acceptors (Lipinski definition) is 3. The fourth-order valence-corrected chi connectivity index (χ4v) is 1.94. The maximum atomic E-state index is 11.2. The third-order valence-electron chi connectivity index (χ3n) is 2.86. The molecule has 1 aromatic heterocycles. The molecular weight excluding hydrogens is 206 g/mol. The maximum absolute atomic E-state index is 11.2. The smallest absolute Gasteiger partial charge is 0.220 e. The second kappa shape index (κ2) is 4.65. The van der Waals surface area contributed by atoms with Gasteiger partial charge in [-0.3, -0.25) is 9.48 Å². The molecule has 0 atom stereocenters. The second-order valence-electron chi connectivity index (χ2n) is 3.93. The highest BCUT2D eigenvalue weighted by atomic mass is 16.5. The van der Waals surface area contributed by atoms with Crippen molar-refractivity contribution in [1.29, 1.82) is 0 Å². The number of carbonyl (C=O) groups excluding carboxylic acids is 1. The van der Waals surface area contributed by atoms with Gasteiger partial charge >= 0.3 is 0 Å². The van der Waals surface area contributed by atoms with Gasteiger partial charge in [-0.1, -0.05) is 6.92 Å². The number of fused-ring (bicyclic) bond motifs is 1. The Hall–Kier alpha value is -1.36. The van der Waals surface area contributed by atoms with Crippen molar-refractivity contribution in [2.75, 3.05) is 6.61 Å². The normalized spacial score (nSPS) is 14.6. The Morgan fingerprint density at radius 2 is 2.44 bits per heavy atom. The van der Waals surface area contributed by atoms with E-state index in [1.807, 2.05) is 18.7 Å². The van der Waals surface area contributed by atoms with E-state index in [1.54, 1.807) is 0 Å². The Balaban J connectivity index is 2.12. The molecule has 5 nitrogen and oxygen atoms in total. The molecular formula is C11H17N3O2. The molecule has 0 spiro atoms. The standard InChI is InChI=1S/C11H17N3O2/c1-3-11(15)12-6-9-8-7-16-5-4-10(8)14(2)13-9/h3-7H2,1-2H3,(H,12,15). The molecule has 0 saturated heterocycles. The molecule has 0 bridgehead atoms.